The van der Waals surface area contributed by atoms with E-state index in [2.05, 4.69) is 10.6 Å². The van der Waals surface area contributed by atoms with Gasteiger partial charge in [-0.3, -0.25) is 4.79 Å². The third-order valence-electron chi connectivity index (χ3n) is 3.80. The number of benzene rings is 2. The molecular weight excluding hydrogens is 334 g/mol. The molecule has 0 heterocycles. The standard InChI is InChI=1S/C20H20ClN3O/c1-13-8-14(2)19(15(3)9-13)23-12-17(10-22)20(25)24-11-16-6-4-5-7-18(16)21/h4-9,12,23H,11H2,1-3H3,(H,24,25)/b17-12-. The Kier molecular flexibility index (Phi) is 6.21. The van der Waals surface area contributed by atoms with Gasteiger partial charge in [0.25, 0.3) is 5.91 Å². The summed E-state index contributed by atoms with van der Waals surface area (Å²) in [6, 6.07) is 13.3. The molecule has 2 aromatic carbocycles. The number of hydrogen-bond donors (Lipinski definition) is 2. The molecule has 0 atom stereocenters. The van der Waals surface area contributed by atoms with Gasteiger partial charge in [-0.15, -0.1) is 0 Å². The summed E-state index contributed by atoms with van der Waals surface area (Å²) < 4.78 is 0. The van der Waals surface area contributed by atoms with E-state index in [-0.39, 0.29) is 12.1 Å². The molecule has 0 radical (unpaired) electrons. The lowest BCUT2D eigenvalue weighted by molar-refractivity contribution is -0.117. The van der Waals surface area contributed by atoms with Crippen LogP contribution in [0.1, 0.15) is 22.3 Å². The zero-order chi connectivity index (χ0) is 18.4. The van der Waals surface area contributed by atoms with Crippen molar-refractivity contribution in [1.29, 1.82) is 5.26 Å². The van der Waals surface area contributed by atoms with E-state index in [1.807, 2.05) is 57.2 Å². The zero-order valence-electron chi connectivity index (χ0n) is 14.5. The van der Waals surface area contributed by atoms with Crippen LogP contribution in [0.5, 0.6) is 0 Å². The van der Waals surface area contributed by atoms with Crippen LogP contribution in [0.2, 0.25) is 5.02 Å². The Labute approximate surface area is 153 Å². The van der Waals surface area contributed by atoms with Crippen LogP contribution in [-0.4, -0.2) is 5.91 Å². The van der Waals surface area contributed by atoms with E-state index in [4.69, 9.17) is 11.6 Å². The maximum atomic E-state index is 12.2. The maximum absolute atomic E-state index is 12.2. The fourth-order valence-electron chi connectivity index (χ4n) is 2.61. The molecule has 5 heteroatoms. The van der Waals surface area contributed by atoms with Gasteiger partial charge >= 0.3 is 0 Å². The number of hydrogen-bond acceptors (Lipinski definition) is 3. The first-order valence-corrected chi connectivity index (χ1v) is 8.26. The average Bonchev–Trinajstić information content (AvgIpc) is 2.56. The summed E-state index contributed by atoms with van der Waals surface area (Å²) in [5, 5.41) is 15.6. The largest absolute Gasteiger partial charge is 0.360 e. The summed E-state index contributed by atoms with van der Waals surface area (Å²) in [6.45, 7) is 6.27. The second kappa shape index (κ2) is 8.36. The third-order valence-corrected chi connectivity index (χ3v) is 4.17. The lowest BCUT2D eigenvalue weighted by Gasteiger charge is -2.11. The highest BCUT2D eigenvalue weighted by Crippen LogP contribution is 2.22. The highest BCUT2D eigenvalue weighted by atomic mass is 35.5. The van der Waals surface area contributed by atoms with Crippen LogP contribution in [0.4, 0.5) is 5.69 Å². The van der Waals surface area contributed by atoms with Gasteiger partial charge in [0.15, 0.2) is 0 Å². The van der Waals surface area contributed by atoms with Crippen molar-refractivity contribution in [3.63, 3.8) is 0 Å². The van der Waals surface area contributed by atoms with Crippen molar-refractivity contribution in [3.05, 3.63) is 75.4 Å². The molecule has 0 bridgehead atoms. The monoisotopic (exact) mass is 353 g/mol. The predicted molar refractivity (Wildman–Crippen MR) is 101 cm³/mol. The normalized spacial score (nSPS) is 10.9. The third kappa shape index (κ3) is 4.85. The molecule has 0 unspecified atom stereocenters. The number of carbonyl (C=O) groups is 1. The lowest BCUT2D eigenvalue weighted by atomic mass is 10.1. The topological polar surface area (TPSA) is 64.9 Å². The van der Waals surface area contributed by atoms with Crippen molar-refractivity contribution in [2.24, 2.45) is 0 Å². The fourth-order valence-corrected chi connectivity index (χ4v) is 2.82. The highest BCUT2D eigenvalue weighted by Gasteiger charge is 2.10. The quantitative estimate of drug-likeness (QED) is 0.618. The summed E-state index contributed by atoms with van der Waals surface area (Å²) in [6.07, 6.45) is 1.44. The number of rotatable bonds is 5. The van der Waals surface area contributed by atoms with Crippen LogP contribution in [-0.2, 0) is 11.3 Å². The molecule has 0 spiro atoms. The smallest absolute Gasteiger partial charge is 0.263 e. The lowest BCUT2D eigenvalue weighted by Crippen LogP contribution is -2.24. The number of nitriles is 1. The van der Waals surface area contributed by atoms with E-state index in [0.717, 1.165) is 22.4 Å². The van der Waals surface area contributed by atoms with E-state index in [1.165, 1.54) is 11.8 Å². The minimum atomic E-state index is -0.447. The van der Waals surface area contributed by atoms with Crippen LogP contribution >= 0.6 is 11.6 Å². The van der Waals surface area contributed by atoms with Crippen molar-refractivity contribution in [3.8, 4) is 6.07 Å². The van der Waals surface area contributed by atoms with Gasteiger partial charge < -0.3 is 10.6 Å². The Hall–Kier alpha value is -2.77. The number of halogens is 1. The van der Waals surface area contributed by atoms with E-state index in [0.29, 0.717) is 5.02 Å². The minimum Gasteiger partial charge on any atom is -0.360 e. The average molecular weight is 354 g/mol. The van der Waals surface area contributed by atoms with Gasteiger partial charge in [-0.25, -0.2) is 0 Å². The summed E-state index contributed by atoms with van der Waals surface area (Å²) in [5.41, 5.74) is 4.99. The molecule has 2 aromatic rings. The molecule has 25 heavy (non-hydrogen) atoms. The molecular formula is C20H20ClN3O. The zero-order valence-corrected chi connectivity index (χ0v) is 15.2. The highest BCUT2D eigenvalue weighted by molar-refractivity contribution is 6.31. The number of amides is 1. The van der Waals surface area contributed by atoms with Crippen LogP contribution in [0.15, 0.2) is 48.2 Å². The van der Waals surface area contributed by atoms with Crippen LogP contribution in [0, 0.1) is 32.1 Å². The first-order chi connectivity index (χ1) is 11.9. The number of carbonyl (C=O) groups excluding carboxylic acids is 1. The second-order valence-corrected chi connectivity index (χ2v) is 6.27. The van der Waals surface area contributed by atoms with E-state index >= 15 is 0 Å². The second-order valence-electron chi connectivity index (χ2n) is 5.86. The Bertz CT molecular complexity index is 842. The molecule has 0 aromatic heterocycles. The fraction of sp³-hybridized carbons (Fsp3) is 0.200. The van der Waals surface area contributed by atoms with Gasteiger partial charge in [0, 0.05) is 23.5 Å². The number of anilines is 1. The van der Waals surface area contributed by atoms with Gasteiger partial charge in [-0.2, -0.15) is 5.26 Å². The minimum absolute atomic E-state index is 0.00595. The molecule has 0 saturated heterocycles. The van der Waals surface area contributed by atoms with Gasteiger partial charge in [-0.1, -0.05) is 47.5 Å². The molecule has 2 N–H and O–H groups in total. The SMILES string of the molecule is Cc1cc(C)c(N/C=C(/C#N)C(=O)NCc2ccccc2Cl)c(C)c1. The van der Waals surface area contributed by atoms with Crippen LogP contribution < -0.4 is 10.6 Å². The molecule has 0 aliphatic rings. The summed E-state index contributed by atoms with van der Waals surface area (Å²) in [7, 11) is 0. The van der Waals surface area contributed by atoms with Crippen molar-refractivity contribution in [1.82, 2.24) is 5.32 Å². The predicted octanol–water partition coefficient (Wildman–Crippen LogP) is 4.40. The van der Waals surface area contributed by atoms with E-state index < -0.39 is 5.91 Å². The van der Waals surface area contributed by atoms with Gasteiger partial charge in [-0.05, 0) is 43.5 Å². The van der Waals surface area contributed by atoms with Gasteiger partial charge in [0.2, 0.25) is 0 Å². The van der Waals surface area contributed by atoms with Crippen molar-refractivity contribution in [2.75, 3.05) is 5.32 Å². The number of nitrogens with zero attached hydrogens (tertiary/aromatic N) is 1. The van der Waals surface area contributed by atoms with E-state index in [1.54, 1.807) is 6.07 Å². The molecule has 0 aliphatic heterocycles. The molecule has 2 rings (SSSR count). The first kappa shape index (κ1) is 18.6. The maximum Gasteiger partial charge on any atom is 0.263 e. The molecule has 0 aliphatic carbocycles. The Morgan fingerprint density at radius 2 is 1.84 bits per heavy atom. The Morgan fingerprint density at radius 1 is 1.20 bits per heavy atom. The molecule has 0 saturated carbocycles. The molecule has 4 nitrogen and oxygen atoms in total. The number of aryl methyl sites for hydroxylation is 3. The molecule has 0 fully saturated rings. The van der Waals surface area contributed by atoms with Crippen molar-refractivity contribution < 1.29 is 4.79 Å². The number of nitrogens with one attached hydrogen (secondary N) is 2. The van der Waals surface area contributed by atoms with Crippen molar-refractivity contribution >= 4 is 23.2 Å². The van der Waals surface area contributed by atoms with Crippen molar-refractivity contribution in [2.45, 2.75) is 27.3 Å². The Balaban J connectivity index is 2.09. The molecule has 128 valence electrons. The Morgan fingerprint density at radius 3 is 2.44 bits per heavy atom. The molecule has 1 amide bonds. The first-order valence-electron chi connectivity index (χ1n) is 7.88. The summed E-state index contributed by atoms with van der Waals surface area (Å²) in [4.78, 5) is 12.2. The van der Waals surface area contributed by atoms with Crippen LogP contribution in [0.3, 0.4) is 0 Å². The van der Waals surface area contributed by atoms with Crippen LogP contribution in [0.25, 0.3) is 0 Å². The summed E-state index contributed by atoms with van der Waals surface area (Å²) in [5.74, 6) is -0.447. The summed E-state index contributed by atoms with van der Waals surface area (Å²) >= 11 is 6.07. The van der Waals surface area contributed by atoms with Gasteiger partial charge in [0.05, 0.1) is 0 Å². The van der Waals surface area contributed by atoms with Gasteiger partial charge in [0.1, 0.15) is 11.6 Å². The van der Waals surface area contributed by atoms with E-state index in [9.17, 15) is 10.1 Å².